The van der Waals surface area contributed by atoms with Crippen molar-refractivity contribution in [3.8, 4) is 0 Å². The van der Waals surface area contributed by atoms with Crippen LogP contribution in [0.1, 0.15) is 30.6 Å². The molecule has 1 aliphatic heterocycles. The molecule has 106 valence electrons. The summed E-state index contributed by atoms with van der Waals surface area (Å²) < 4.78 is 12.1. The summed E-state index contributed by atoms with van der Waals surface area (Å²) >= 11 is -1.30. The van der Waals surface area contributed by atoms with E-state index in [0.717, 1.165) is 6.29 Å². The molecule has 0 saturated carbocycles. The number of anilines is 1. The number of allylic oxidation sites excluding steroid dienone is 1. The van der Waals surface area contributed by atoms with Crippen LogP contribution in [-0.2, 0) is 16.0 Å². The normalized spacial score (nSPS) is 23.6. The van der Waals surface area contributed by atoms with Gasteiger partial charge in [0, 0.05) is 23.1 Å². The third-order valence-corrected chi connectivity index (χ3v) is 5.01. The zero-order valence-electron chi connectivity index (χ0n) is 11.5. The number of benzene rings is 1. The van der Waals surface area contributed by atoms with Gasteiger partial charge in [0.25, 0.3) is 0 Å². The largest absolute Gasteiger partial charge is 0.611 e. The number of hydrogen-bond donors (Lipinski definition) is 1. The van der Waals surface area contributed by atoms with Crippen LogP contribution >= 0.6 is 0 Å². The number of rotatable bonds is 3. The Labute approximate surface area is 121 Å². The van der Waals surface area contributed by atoms with Crippen LogP contribution in [0.5, 0.6) is 0 Å². The third-order valence-electron chi connectivity index (χ3n) is 3.13. The van der Waals surface area contributed by atoms with Gasteiger partial charge in [0.2, 0.25) is 10.7 Å². The maximum atomic E-state index is 12.1. The molecule has 1 fully saturated rings. The fraction of sp³-hybridized carbons (Fsp3) is 0.333. The zero-order valence-corrected chi connectivity index (χ0v) is 12.3. The molecular weight excluding hydrogens is 274 g/mol. The topological polar surface area (TPSA) is 69.2 Å². The smallest absolute Gasteiger partial charge is 0.212 e. The van der Waals surface area contributed by atoms with E-state index in [9.17, 15) is 14.1 Å². The molecule has 1 N–H and O–H groups in total. The molecule has 20 heavy (non-hydrogen) atoms. The van der Waals surface area contributed by atoms with Crippen LogP contribution in [0.2, 0.25) is 0 Å². The minimum Gasteiger partial charge on any atom is -0.611 e. The fourth-order valence-electron chi connectivity index (χ4n) is 2.15. The molecule has 1 unspecified atom stereocenters. The summed E-state index contributed by atoms with van der Waals surface area (Å²) in [5.41, 5.74) is 0.878. The number of carbonyl (C=O) groups excluding carboxylic acids is 2. The van der Waals surface area contributed by atoms with Crippen LogP contribution in [-0.4, -0.2) is 22.4 Å². The first-order valence-corrected chi connectivity index (χ1v) is 7.67. The fourth-order valence-corrected chi connectivity index (χ4v) is 3.64. The van der Waals surface area contributed by atoms with Gasteiger partial charge in [-0.25, -0.2) is 0 Å². The first-order chi connectivity index (χ1) is 9.43. The molecule has 1 aromatic carbocycles. The van der Waals surface area contributed by atoms with E-state index in [-0.39, 0.29) is 11.2 Å². The van der Waals surface area contributed by atoms with Crippen LogP contribution in [0.25, 0.3) is 0 Å². The van der Waals surface area contributed by atoms with E-state index in [2.05, 4.69) is 5.32 Å². The van der Waals surface area contributed by atoms with E-state index in [0.29, 0.717) is 28.3 Å². The van der Waals surface area contributed by atoms with E-state index in [1.165, 1.54) is 6.20 Å². The SMILES string of the molecule is CC1(C)CC(=O)/C(=C/Nc2ccccc2C=O)[S+]([O-])C1. The first-order valence-electron chi connectivity index (χ1n) is 6.35. The first kappa shape index (κ1) is 14.8. The van der Waals surface area contributed by atoms with Crippen molar-refractivity contribution in [2.45, 2.75) is 20.3 Å². The van der Waals surface area contributed by atoms with Crippen molar-refractivity contribution in [3.05, 3.63) is 40.9 Å². The molecule has 1 atom stereocenters. The summed E-state index contributed by atoms with van der Waals surface area (Å²) in [6.07, 6.45) is 2.60. The number of aldehydes is 1. The lowest BCUT2D eigenvalue weighted by molar-refractivity contribution is -0.116. The monoisotopic (exact) mass is 291 g/mol. The van der Waals surface area contributed by atoms with Crippen LogP contribution in [0.3, 0.4) is 0 Å². The minimum atomic E-state index is -1.30. The van der Waals surface area contributed by atoms with E-state index in [1.54, 1.807) is 24.3 Å². The second-order valence-electron chi connectivity index (χ2n) is 5.61. The molecule has 1 saturated heterocycles. The molecule has 2 rings (SSSR count). The van der Waals surface area contributed by atoms with E-state index >= 15 is 0 Å². The highest BCUT2D eigenvalue weighted by molar-refractivity contribution is 7.96. The molecule has 0 radical (unpaired) electrons. The molecular formula is C15H17NO3S. The number of ketones is 1. The lowest BCUT2D eigenvalue weighted by Crippen LogP contribution is -2.36. The summed E-state index contributed by atoms with van der Waals surface area (Å²) in [5.74, 6) is 0.373. The van der Waals surface area contributed by atoms with E-state index in [4.69, 9.17) is 0 Å². The van der Waals surface area contributed by atoms with Gasteiger partial charge in [0.05, 0.1) is 6.20 Å². The van der Waals surface area contributed by atoms with Gasteiger partial charge in [0.1, 0.15) is 5.75 Å². The highest BCUT2D eigenvalue weighted by atomic mass is 32.2. The molecule has 1 aromatic rings. The van der Waals surface area contributed by atoms with Gasteiger partial charge in [0.15, 0.2) is 6.29 Å². The molecule has 5 heteroatoms. The molecule has 0 aromatic heterocycles. The van der Waals surface area contributed by atoms with Crippen molar-refractivity contribution in [2.24, 2.45) is 5.41 Å². The number of para-hydroxylation sites is 1. The number of Topliss-reactive ketones (excluding diaryl/α,β-unsaturated/α-hetero) is 1. The zero-order chi connectivity index (χ0) is 14.8. The van der Waals surface area contributed by atoms with Gasteiger partial charge in [-0.15, -0.1) is 0 Å². The van der Waals surface area contributed by atoms with Gasteiger partial charge in [-0.05, 0) is 23.3 Å². The average molecular weight is 291 g/mol. The Hall–Kier alpha value is -1.59. The Morgan fingerprint density at radius 2 is 2.05 bits per heavy atom. The number of hydrogen-bond acceptors (Lipinski definition) is 4. The minimum absolute atomic E-state index is 0.101. The Balaban J connectivity index is 2.19. The molecule has 0 amide bonds. The summed E-state index contributed by atoms with van der Waals surface area (Å²) in [5, 5.41) is 2.91. The molecule has 1 aliphatic rings. The van der Waals surface area contributed by atoms with Crippen molar-refractivity contribution in [3.63, 3.8) is 0 Å². The number of nitrogens with one attached hydrogen (secondary N) is 1. The van der Waals surface area contributed by atoms with Gasteiger partial charge >= 0.3 is 0 Å². The molecule has 0 aliphatic carbocycles. The molecule has 0 bridgehead atoms. The second kappa shape index (κ2) is 5.81. The third kappa shape index (κ3) is 3.29. The van der Waals surface area contributed by atoms with E-state index in [1.807, 2.05) is 13.8 Å². The summed E-state index contributed by atoms with van der Waals surface area (Å²) in [7, 11) is 0. The van der Waals surface area contributed by atoms with Crippen molar-refractivity contribution in [1.82, 2.24) is 0 Å². The Morgan fingerprint density at radius 1 is 1.35 bits per heavy atom. The Morgan fingerprint density at radius 3 is 2.70 bits per heavy atom. The average Bonchev–Trinajstić information content (AvgIpc) is 2.36. The summed E-state index contributed by atoms with van der Waals surface area (Å²) in [6.45, 7) is 3.88. The molecule has 4 nitrogen and oxygen atoms in total. The molecule has 0 spiro atoms. The predicted octanol–water partition coefficient (Wildman–Crippen LogP) is 2.50. The highest BCUT2D eigenvalue weighted by Gasteiger charge is 2.39. The van der Waals surface area contributed by atoms with Gasteiger partial charge in [-0.3, -0.25) is 9.59 Å². The maximum absolute atomic E-state index is 12.1. The Bertz CT molecular complexity index is 566. The maximum Gasteiger partial charge on any atom is 0.212 e. The Kier molecular flexibility index (Phi) is 4.30. The quantitative estimate of drug-likeness (QED) is 0.528. The molecule has 1 heterocycles. The number of carbonyl (C=O) groups is 2. The van der Waals surface area contributed by atoms with Crippen LogP contribution in [0.4, 0.5) is 5.69 Å². The van der Waals surface area contributed by atoms with Gasteiger partial charge in [-0.1, -0.05) is 26.0 Å². The van der Waals surface area contributed by atoms with Crippen molar-refractivity contribution < 1.29 is 14.1 Å². The van der Waals surface area contributed by atoms with Crippen LogP contribution < -0.4 is 5.32 Å². The van der Waals surface area contributed by atoms with E-state index < -0.39 is 11.2 Å². The predicted molar refractivity (Wildman–Crippen MR) is 79.9 cm³/mol. The van der Waals surface area contributed by atoms with Gasteiger partial charge in [-0.2, -0.15) is 0 Å². The summed E-state index contributed by atoms with van der Waals surface area (Å²) in [6, 6.07) is 6.96. The summed E-state index contributed by atoms with van der Waals surface area (Å²) in [4.78, 5) is 23.2. The van der Waals surface area contributed by atoms with Crippen molar-refractivity contribution in [2.75, 3.05) is 11.1 Å². The lowest BCUT2D eigenvalue weighted by atomic mass is 9.89. The van der Waals surface area contributed by atoms with Crippen LogP contribution in [0.15, 0.2) is 35.4 Å². The lowest BCUT2D eigenvalue weighted by Gasteiger charge is -2.30. The van der Waals surface area contributed by atoms with Gasteiger partial charge < -0.3 is 9.87 Å². The van der Waals surface area contributed by atoms with Crippen LogP contribution in [0, 0.1) is 5.41 Å². The standard InChI is InChI=1S/C15H17NO3S/c1-15(2)7-13(18)14(20(19)10-15)8-16-12-6-4-3-5-11(12)9-17/h3-6,8-9,16H,7,10H2,1-2H3/b14-8-. The highest BCUT2D eigenvalue weighted by Crippen LogP contribution is 2.33. The van der Waals surface area contributed by atoms with Crippen molar-refractivity contribution >= 4 is 28.9 Å². The second-order valence-corrected chi connectivity index (χ2v) is 7.03. The van der Waals surface area contributed by atoms with Crippen molar-refractivity contribution in [1.29, 1.82) is 0 Å².